The molecule has 150 valence electrons. The summed E-state index contributed by atoms with van der Waals surface area (Å²) in [6.45, 7) is 4.76. The summed E-state index contributed by atoms with van der Waals surface area (Å²) >= 11 is 0. The lowest BCUT2D eigenvalue weighted by molar-refractivity contribution is 0.0463. The molecule has 0 saturated carbocycles. The Morgan fingerprint density at radius 3 is 2.21 bits per heavy atom. The zero-order valence-electron chi connectivity index (χ0n) is 16.6. The fraction of sp³-hybridized carbons (Fsp3) is 0.381. The summed E-state index contributed by atoms with van der Waals surface area (Å²) in [6.07, 6.45) is 0.833. The zero-order valence-corrected chi connectivity index (χ0v) is 16.6. The maximum atomic E-state index is 12.6. The van der Waals surface area contributed by atoms with Crippen LogP contribution in [-0.2, 0) is 20.8 Å². The van der Waals surface area contributed by atoms with Crippen LogP contribution in [0.2, 0.25) is 0 Å². The lowest BCUT2D eigenvalue weighted by Crippen LogP contribution is -2.17. The number of hydrogen-bond donors (Lipinski definition) is 0. The zero-order chi connectivity index (χ0) is 20.7. The van der Waals surface area contributed by atoms with E-state index in [1.54, 1.807) is 25.3 Å². The molecule has 0 aliphatic rings. The second kappa shape index (κ2) is 9.85. The largest absolute Gasteiger partial charge is 0.465 e. The molecule has 1 heterocycles. The molecule has 2 aromatic rings. The molecule has 28 heavy (non-hydrogen) atoms. The van der Waals surface area contributed by atoms with Crippen LogP contribution < -0.4 is 0 Å². The van der Waals surface area contributed by atoms with E-state index in [-0.39, 0.29) is 16.9 Å². The van der Waals surface area contributed by atoms with Crippen LogP contribution >= 0.6 is 0 Å². The van der Waals surface area contributed by atoms with Gasteiger partial charge in [-0.1, -0.05) is 12.1 Å². The summed E-state index contributed by atoms with van der Waals surface area (Å²) < 4.78 is 16.9. The van der Waals surface area contributed by atoms with Crippen molar-refractivity contribution in [3.8, 4) is 0 Å². The number of carbonyl (C=O) groups is 3. The molecule has 7 nitrogen and oxygen atoms in total. The van der Waals surface area contributed by atoms with E-state index in [1.807, 2.05) is 18.4 Å². The van der Waals surface area contributed by atoms with E-state index in [1.165, 1.54) is 19.2 Å². The molecule has 0 spiro atoms. The Kier molecular flexibility index (Phi) is 7.52. The van der Waals surface area contributed by atoms with Crippen molar-refractivity contribution in [3.05, 3.63) is 58.4 Å². The molecule has 0 N–H and O–H groups in total. The lowest BCUT2D eigenvalue weighted by atomic mass is 10.1. The fourth-order valence-electron chi connectivity index (χ4n) is 3.03. The molecule has 0 saturated heterocycles. The molecule has 0 aliphatic heterocycles. The number of nitrogens with zero attached hydrogens (tertiary/aromatic N) is 1. The summed E-state index contributed by atoms with van der Waals surface area (Å²) in [4.78, 5) is 36.7. The van der Waals surface area contributed by atoms with Crippen molar-refractivity contribution >= 4 is 17.7 Å². The van der Waals surface area contributed by atoms with Gasteiger partial charge in [-0.3, -0.25) is 4.79 Å². The van der Waals surface area contributed by atoms with Crippen LogP contribution in [-0.4, -0.2) is 49.7 Å². The minimum absolute atomic E-state index is 0.0622. The Morgan fingerprint density at radius 2 is 1.61 bits per heavy atom. The molecule has 0 unspecified atom stereocenters. The number of aryl methyl sites for hydroxylation is 1. The minimum atomic E-state index is -0.747. The molecular weight excluding hydrogens is 362 g/mol. The van der Waals surface area contributed by atoms with Gasteiger partial charge in [0.1, 0.15) is 0 Å². The van der Waals surface area contributed by atoms with Crippen LogP contribution in [0.15, 0.2) is 30.3 Å². The average Bonchev–Trinajstić information content (AvgIpc) is 2.99. The monoisotopic (exact) mass is 387 g/mol. The molecular formula is C21H25NO6. The molecule has 0 radical (unpaired) electrons. The van der Waals surface area contributed by atoms with Crippen LogP contribution in [0.4, 0.5) is 0 Å². The van der Waals surface area contributed by atoms with Crippen molar-refractivity contribution in [2.75, 3.05) is 27.4 Å². The van der Waals surface area contributed by atoms with Gasteiger partial charge in [-0.2, -0.15) is 0 Å². The van der Waals surface area contributed by atoms with Crippen LogP contribution in [0.25, 0.3) is 0 Å². The lowest BCUT2D eigenvalue weighted by Gasteiger charge is -2.10. The average molecular weight is 387 g/mol. The molecule has 1 aromatic heterocycles. The predicted octanol–water partition coefficient (Wildman–Crippen LogP) is 2.97. The smallest absolute Gasteiger partial charge is 0.339 e. The van der Waals surface area contributed by atoms with Gasteiger partial charge >= 0.3 is 11.9 Å². The van der Waals surface area contributed by atoms with Crippen LogP contribution in [0, 0.1) is 13.8 Å². The Morgan fingerprint density at radius 1 is 0.964 bits per heavy atom. The third-order valence-corrected chi connectivity index (χ3v) is 4.49. The van der Waals surface area contributed by atoms with Crippen molar-refractivity contribution in [2.24, 2.45) is 0 Å². The second-order valence-electron chi connectivity index (χ2n) is 6.32. The standard InChI is InChI=1S/C21H25NO6/c1-14-12-18(15(2)22(14)10-7-11-26-3)19(23)13-28-21(25)17-9-6-5-8-16(17)20(24)27-4/h5-6,8-9,12H,7,10-11,13H2,1-4H3. The Labute approximate surface area is 164 Å². The Hall–Kier alpha value is -2.93. The SMILES string of the molecule is COCCCn1c(C)cc(C(=O)COC(=O)c2ccccc2C(=O)OC)c1C. The second-order valence-corrected chi connectivity index (χ2v) is 6.32. The third kappa shape index (κ3) is 4.86. The number of methoxy groups -OCH3 is 2. The van der Waals surface area contributed by atoms with E-state index in [0.29, 0.717) is 12.2 Å². The first-order valence-corrected chi connectivity index (χ1v) is 8.94. The van der Waals surface area contributed by atoms with Crippen molar-refractivity contribution in [2.45, 2.75) is 26.8 Å². The number of ketones is 1. The van der Waals surface area contributed by atoms with Gasteiger partial charge in [0.05, 0.1) is 18.2 Å². The van der Waals surface area contributed by atoms with E-state index in [0.717, 1.165) is 24.4 Å². The van der Waals surface area contributed by atoms with E-state index >= 15 is 0 Å². The Balaban J connectivity index is 2.08. The summed E-state index contributed by atoms with van der Waals surface area (Å²) in [5, 5.41) is 0. The van der Waals surface area contributed by atoms with Crippen molar-refractivity contribution in [1.82, 2.24) is 4.57 Å². The van der Waals surface area contributed by atoms with Gasteiger partial charge in [-0.25, -0.2) is 9.59 Å². The highest BCUT2D eigenvalue weighted by atomic mass is 16.5. The molecule has 0 bridgehead atoms. The maximum Gasteiger partial charge on any atom is 0.339 e. The molecule has 7 heteroatoms. The molecule has 0 amide bonds. The van der Waals surface area contributed by atoms with Crippen molar-refractivity contribution in [3.63, 3.8) is 0 Å². The van der Waals surface area contributed by atoms with E-state index < -0.39 is 18.5 Å². The van der Waals surface area contributed by atoms with Gasteiger partial charge in [-0.15, -0.1) is 0 Å². The van der Waals surface area contributed by atoms with Gasteiger partial charge in [0, 0.05) is 37.2 Å². The summed E-state index contributed by atoms with van der Waals surface area (Å²) in [6, 6.07) is 7.95. The molecule has 0 fully saturated rings. The number of rotatable bonds is 9. The number of benzene rings is 1. The van der Waals surface area contributed by atoms with E-state index in [9.17, 15) is 14.4 Å². The number of Topliss-reactive ketones (excluding diaryl/α,β-unsaturated/α-hetero) is 1. The highest BCUT2D eigenvalue weighted by Gasteiger charge is 2.21. The number of esters is 2. The first-order valence-electron chi connectivity index (χ1n) is 8.94. The van der Waals surface area contributed by atoms with Crippen LogP contribution in [0.3, 0.4) is 0 Å². The van der Waals surface area contributed by atoms with Gasteiger partial charge < -0.3 is 18.8 Å². The highest BCUT2D eigenvalue weighted by molar-refractivity contribution is 6.04. The number of aromatic nitrogens is 1. The fourth-order valence-corrected chi connectivity index (χ4v) is 3.03. The maximum absolute atomic E-state index is 12.6. The highest BCUT2D eigenvalue weighted by Crippen LogP contribution is 2.17. The number of carbonyl (C=O) groups excluding carboxylic acids is 3. The summed E-state index contributed by atoms with van der Waals surface area (Å²) in [5.41, 5.74) is 2.46. The van der Waals surface area contributed by atoms with Gasteiger partial charge in [0.25, 0.3) is 0 Å². The van der Waals surface area contributed by atoms with Crippen molar-refractivity contribution in [1.29, 1.82) is 0 Å². The first-order chi connectivity index (χ1) is 13.4. The predicted molar refractivity (Wildman–Crippen MR) is 103 cm³/mol. The van der Waals surface area contributed by atoms with Crippen LogP contribution in [0.1, 0.15) is 48.9 Å². The number of ether oxygens (including phenoxy) is 3. The van der Waals surface area contributed by atoms with Gasteiger partial charge in [0.15, 0.2) is 6.61 Å². The van der Waals surface area contributed by atoms with E-state index in [2.05, 4.69) is 4.74 Å². The molecule has 0 atom stereocenters. The minimum Gasteiger partial charge on any atom is -0.465 e. The number of hydrogen-bond acceptors (Lipinski definition) is 6. The summed E-state index contributed by atoms with van der Waals surface area (Å²) in [7, 11) is 2.88. The Bertz CT molecular complexity index is 868. The van der Waals surface area contributed by atoms with Gasteiger partial charge in [0.2, 0.25) is 5.78 Å². The third-order valence-electron chi connectivity index (χ3n) is 4.49. The van der Waals surface area contributed by atoms with Crippen LogP contribution in [0.5, 0.6) is 0 Å². The first kappa shape index (κ1) is 21.4. The molecule has 2 rings (SSSR count). The normalized spacial score (nSPS) is 10.6. The van der Waals surface area contributed by atoms with Gasteiger partial charge in [-0.05, 0) is 38.5 Å². The topological polar surface area (TPSA) is 83.8 Å². The molecule has 0 aliphatic carbocycles. The van der Waals surface area contributed by atoms with E-state index in [4.69, 9.17) is 9.47 Å². The molecule has 1 aromatic carbocycles. The summed E-state index contributed by atoms with van der Waals surface area (Å²) in [5.74, 6) is -1.68. The van der Waals surface area contributed by atoms with Crippen molar-refractivity contribution < 1.29 is 28.6 Å². The quantitative estimate of drug-likeness (QED) is 0.374.